The molecule has 9 heteroatoms. The standard InChI is InChI=1S/C28H29BrFN3O4/c1-19-28(17-22-5-2-3-6-25(22)29,27(35)33-31-18-20-7-11-23(30)12-8-20)32-26(37-19)21-9-13-24(14-10-21)36-16-4-15-34/h2-3,5-14,19,31,34H,4,15-18H2,1H3,(H,33,35)/t19-,28-/m0/s1. The molecule has 0 aliphatic carbocycles. The largest absolute Gasteiger partial charge is 0.494 e. The quantitative estimate of drug-likeness (QED) is 0.236. The van der Waals surface area contributed by atoms with Crippen LogP contribution in [-0.2, 0) is 22.5 Å². The molecule has 4 rings (SSSR count). The van der Waals surface area contributed by atoms with E-state index in [1.807, 2.05) is 43.3 Å². The number of amides is 1. The van der Waals surface area contributed by atoms with E-state index in [0.717, 1.165) is 21.2 Å². The lowest BCUT2D eigenvalue weighted by molar-refractivity contribution is -0.129. The molecule has 0 aromatic heterocycles. The Morgan fingerprint density at radius 2 is 1.86 bits per heavy atom. The predicted octanol–water partition coefficient (Wildman–Crippen LogP) is 4.32. The third kappa shape index (κ3) is 6.54. The van der Waals surface area contributed by atoms with Gasteiger partial charge in [-0.3, -0.25) is 10.2 Å². The molecular weight excluding hydrogens is 541 g/mol. The molecular formula is C28H29BrFN3O4. The molecule has 1 aliphatic heterocycles. The van der Waals surface area contributed by atoms with E-state index >= 15 is 0 Å². The van der Waals surface area contributed by atoms with E-state index in [1.165, 1.54) is 12.1 Å². The molecule has 0 fully saturated rings. The zero-order valence-electron chi connectivity index (χ0n) is 20.4. The van der Waals surface area contributed by atoms with Gasteiger partial charge >= 0.3 is 0 Å². The molecule has 0 spiro atoms. The number of carbonyl (C=O) groups excluding carboxylic acids is 1. The molecule has 3 N–H and O–H groups in total. The lowest BCUT2D eigenvalue weighted by atomic mass is 9.86. The van der Waals surface area contributed by atoms with Gasteiger partial charge in [-0.05, 0) is 60.5 Å². The maximum absolute atomic E-state index is 13.6. The fourth-order valence-electron chi connectivity index (χ4n) is 4.01. The van der Waals surface area contributed by atoms with Gasteiger partial charge in [-0.2, -0.15) is 0 Å². The highest BCUT2D eigenvalue weighted by Crippen LogP contribution is 2.34. The van der Waals surface area contributed by atoms with Crippen molar-refractivity contribution >= 4 is 27.7 Å². The zero-order valence-corrected chi connectivity index (χ0v) is 22.0. The van der Waals surface area contributed by atoms with Crippen LogP contribution < -0.4 is 15.6 Å². The molecule has 0 radical (unpaired) electrons. The van der Waals surface area contributed by atoms with Crippen molar-refractivity contribution in [2.45, 2.75) is 38.0 Å². The van der Waals surface area contributed by atoms with Crippen molar-refractivity contribution < 1.29 is 23.8 Å². The van der Waals surface area contributed by atoms with Gasteiger partial charge in [-0.1, -0.05) is 46.3 Å². The highest BCUT2D eigenvalue weighted by Gasteiger charge is 2.50. The summed E-state index contributed by atoms with van der Waals surface area (Å²) in [5.74, 6) is 0.391. The van der Waals surface area contributed by atoms with Crippen molar-refractivity contribution in [1.82, 2.24) is 10.9 Å². The first-order valence-corrected chi connectivity index (χ1v) is 12.8. The average Bonchev–Trinajstić information content (AvgIpc) is 3.24. The summed E-state index contributed by atoms with van der Waals surface area (Å²) in [4.78, 5) is 18.5. The first kappa shape index (κ1) is 26.8. The van der Waals surface area contributed by atoms with Crippen LogP contribution in [0.2, 0.25) is 0 Å². The number of benzene rings is 3. The number of ether oxygens (including phenoxy) is 2. The molecule has 1 aliphatic rings. The number of aliphatic hydroxyl groups is 1. The smallest absolute Gasteiger partial charge is 0.266 e. The van der Waals surface area contributed by atoms with Crippen LogP contribution in [0.5, 0.6) is 5.75 Å². The summed E-state index contributed by atoms with van der Waals surface area (Å²) in [7, 11) is 0. The van der Waals surface area contributed by atoms with E-state index in [0.29, 0.717) is 37.6 Å². The van der Waals surface area contributed by atoms with Gasteiger partial charge in [-0.15, -0.1) is 0 Å². The zero-order chi connectivity index (χ0) is 26.3. The fourth-order valence-corrected chi connectivity index (χ4v) is 4.44. The Bertz CT molecular complexity index is 1240. The number of nitrogens with one attached hydrogen (secondary N) is 2. The molecule has 0 saturated carbocycles. The second-order valence-electron chi connectivity index (χ2n) is 8.75. The number of nitrogens with zero attached hydrogens (tertiary/aromatic N) is 1. The average molecular weight is 570 g/mol. The highest BCUT2D eigenvalue weighted by molar-refractivity contribution is 9.10. The van der Waals surface area contributed by atoms with E-state index in [9.17, 15) is 9.18 Å². The summed E-state index contributed by atoms with van der Waals surface area (Å²) >= 11 is 3.58. The first-order valence-electron chi connectivity index (χ1n) is 12.0. The molecule has 7 nitrogen and oxygen atoms in total. The second kappa shape index (κ2) is 12.3. The number of aliphatic imine (C=N–C) groups is 1. The van der Waals surface area contributed by atoms with Crippen LogP contribution in [0.25, 0.3) is 0 Å². The van der Waals surface area contributed by atoms with Crippen molar-refractivity contribution in [2.75, 3.05) is 13.2 Å². The van der Waals surface area contributed by atoms with Gasteiger partial charge in [0.1, 0.15) is 17.7 Å². The van der Waals surface area contributed by atoms with Crippen molar-refractivity contribution in [3.63, 3.8) is 0 Å². The topological polar surface area (TPSA) is 92.2 Å². The van der Waals surface area contributed by atoms with E-state index in [1.54, 1.807) is 24.3 Å². The van der Waals surface area contributed by atoms with E-state index in [4.69, 9.17) is 19.6 Å². The lowest BCUT2D eigenvalue weighted by Gasteiger charge is -2.28. The molecule has 37 heavy (non-hydrogen) atoms. The molecule has 194 valence electrons. The number of hydrogen-bond acceptors (Lipinski definition) is 6. The Hall–Kier alpha value is -3.27. The van der Waals surface area contributed by atoms with Crippen LogP contribution in [0.15, 0.2) is 82.3 Å². The Kier molecular flexibility index (Phi) is 8.91. The summed E-state index contributed by atoms with van der Waals surface area (Å²) in [5.41, 5.74) is 6.96. The van der Waals surface area contributed by atoms with Crippen LogP contribution >= 0.6 is 15.9 Å². The van der Waals surface area contributed by atoms with Crippen molar-refractivity contribution in [3.05, 3.63) is 99.8 Å². The van der Waals surface area contributed by atoms with Crippen molar-refractivity contribution in [3.8, 4) is 5.75 Å². The lowest BCUT2D eigenvalue weighted by Crippen LogP contribution is -2.55. The summed E-state index contributed by atoms with van der Waals surface area (Å²) in [5, 5.41) is 8.93. The maximum Gasteiger partial charge on any atom is 0.266 e. The van der Waals surface area contributed by atoms with Gasteiger partial charge in [0.25, 0.3) is 5.91 Å². The molecule has 1 heterocycles. The number of carbonyl (C=O) groups is 1. The number of halogens is 2. The highest BCUT2D eigenvalue weighted by atomic mass is 79.9. The number of hydrogen-bond donors (Lipinski definition) is 3. The molecule has 3 aromatic carbocycles. The summed E-state index contributed by atoms with van der Waals surface area (Å²) in [6.07, 6.45) is 0.311. The molecule has 0 saturated heterocycles. The van der Waals surface area contributed by atoms with Crippen LogP contribution in [0.4, 0.5) is 4.39 Å². The van der Waals surface area contributed by atoms with Crippen LogP contribution in [0, 0.1) is 5.82 Å². The van der Waals surface area contributed by atoms with Crippen LogP contribution in [0.1, 0.15) is 30.0 Å². The van der Waals surface area contributed by atoms with Crippen LogP contribution in [-0.4, -0.2) is 41.8 Å². The first-order chi connectivity index (χ1) is 17.9. The second-order valence-corrected chi connectivity index (χ2v) is 9.61. The third-order valence-corrected chi connectivity index (χ3v) is 6.93. The van der Waals surface area contributed by atoms with Crippen molar-refractivity contribution in [2.24, 2.45) is 4.99 Å². The van der Waals surface area contributed by atoms with Gasteiger partial charge in [0.15, 0.2) is 5.54 Å². The monoisotopic (exact) mass is 569 g/mol. The minimum absolute atomic E-state index is 0.0705. The minimum atomic E-state index is -1.23. The molecule has 0 unspecified atom stereocenters. The Labute approximate surface area is 223 Å². The fraction of sp³-hybridized carbons (Fsp3) is 0.286. The Morgan fingerprint density at radius 1 is 1.14 bits per heavy atom. The molecule has 3 aromatic rings. The number of rotatable bonds is 11. The third-order valence-electron chi connectivity index (χ3n) is 6.15. The SMILES string of the molecule is C[C@@H]1OC(c2ccc(OCCCO)cc2)=N[C@]1(Cc1ccccc1Br)C(=O)NNCc1ccc(F)cc1. The summed E-state index contributed by atoms with van der Waals surface area (Å²) in [6, 6.07) is 21.0. The predicted molar refractivity (Wildman–Crippen MR) is 143 cm³/mol. The minimum Gasteiger partial charge on any atom is -0.494 e. The summed E-state index contributed by atoms with van der Waals surface area (Å²) < 4.78 is 25.8. The van der Waals surface area contributed by atoms with Crippen molar-refractivity contribution in [1.29, 1.82) is 0 Å². The van der Waals surface area contributed by atoms with E-state index in [-0.39, 0.29) is 18.3 Å². The maximum atomic E-state index is 13.6. The van der Waals surface area contributed by atoms with E-state index < -0.39 is 11.6 Å². The van der Waals surface area contributed by atoms with Gasteiger partial charge in [-0.25, -0.2) is 14.8 Å². The van der Waals surface area contributed by atoms with Gasteiger partial charge in [0, 0.05) is 36.0 Å². The number of aliphatic hydroxyl groups excluding tert-OH is 1. The molecule has 1 amide bonds. The van der Waals surface area contributed by atoms with Gasteiger partial charge < -0.3 is 14.6 Å². The summed E-state index contributed by atoms with van der Waals surface area (Å²) in [6.45, 7) is 2.64. The van der Waals surface area contributed by atoms with Gasteiger partial charge in [0.05, 0.1) is 6.61 Å². The van der Waals surface area contributed by atoms with E-state index in [2.05, 4.69) is 26.8 Å². The Morgan fingerprint density at radius 3 is 2.57 bits per heavy atom. The van der Waals surface area contributed by atoms with Gasteiger partial charge in [0.2, 0.25) is 5.90 Å². The molecule has 2 atom stereocenters. The number of hydrazine groups is 1. The molecule has 0 bridgehead atoms. The Balaban J connectivity index is 1.56. The normalized spacial score (nSPS) is 18.7. The van der Waals surface area contributed by atoms with Crippen LogP contribution in [0.3, 0.4) is 0 Å².